The molecule has 1 N–H and O–H groups in total. The van der Waals surface area contributed by atoms with Gasteiger partial charge in [0.25, 0.3) is 0 Å². The van der Waals surface area contributed by atoms with Gasteiger partial charge in [0.1, 0.15) is 11.4 Å². The van der Waals surface area contributed by atoms with Crippen molar-refractivity contribution in [3.05, 3.63) is 78.1 Å². The lowest BCUT2D eigenvalue weighted by Gasteiger charge is -2.20. The topological polar surface area (TPSA) is 41.8 Å². The highest BCUT2D eigenvalue weighted by Gasteiger charge is 2.19. The summed E-state index contributed by atoms with van der Waals surface area (Å²) < 4.78 is 7.66. The highest BCUT2D eigenvalue weighted by Crippen LogP contribution is 2.30. The maximum atomic E-state index is 5.36. The molecule has 0 atom stereocenters. The molecule has 3 heterocycles. The molecular weight excluding hydrogens is 396 g/mol. The normalized spacial score (nSPS) is 15.1. The smallest absolute Gasteiger partial charge is 0.137 e. The minimum absolute atomic E-state index is 0.861. The van der Waals surface area contributed by atoms with Gasteiger partial charge in [-0.2, -0.15) is 0 Å². The number of ether oxygens (including phenoxy) is 1. The van der Waals surface area contributed by atoms with E-state index in [0.29, 0.717) is 0 Å². The van der Waals surface area contributed by atoms with Gasteiger partial charge in [-0.15, -0.1) is 0 Å². The fraction of sp³-hybridized carbons (Fsp3) is 0.296. The second-order valence-electron chi connectivity index (χ2n) is 8.48. The Hall–Kier alpha value is -3.15. The highest BCUT2D eigenvalue weighted by atomic mass is 16.5. The Bertz CT molecular complexity index is 1200. The summed E-state index contributed by atoms with van der Waals surface area (Å²) in [4.78, 5) is 7.60. The minimum atomic E-state index is 0.861. The molecule has 164 valence electrons. The van der Waals surface area contributed by atoms with Crippen LogP contribution in [0.2, 0.25) is 0 Å². The maximum absolute atomic E-state index is 5.36. The van der Waals surface area contributed by atoms with Crippen LogP contribution in [-0.4, -0.2) is 47.6 Å². The van der Waals surface area contributed by atoms with Crippen LogP contribution in [0, 0.1) is 6.92 Å². The summed E-state index contributed by atoms with van der Waals surface area (Å²) >= 11 is 0. The number of pyridine rings is 1. The first-order valence-corrected chi connectivity index (χ1v) is 11.4. The average molecular weight is 427 g/mol. The Morgan fingerprint density at radius 1 is 0.938 bits per heavy atom. The Morgan fingerprint density at radius 2 is 1.75 bits per heavy atom. The van der Waals surface area contributed by atoms with Crippen LogP contribution in [0.5, 0.6) is 5.75 Å². The number of aryl methyl sites for hydroxylation is 1. The van der Waals surface area contributed by atoms with Crippen LogP contribution in [0.4, 0.5) is 0 Å². The quantitative estimate of drug-likeness (QED) is 0.499. The molecule has 0 radical (unpaired) electrons. The number of methoxy groups -OCH3 is 1. The molecule has 1 aliphatic rings. The molecule has 2 aromatic carbocycles. The van der Waals surface area contributed by atoms with Gasteiger partial charge < -0.3 is 14.5 Å². The fourth-order valence-electron chi connectivity index (χ4n) is 4.55. The van der Waals surface area contributed by atoms with E-state index in [-0.39, 0.29) is 0 Å². The molecule has 1 aliphatic heterocycles. The maximum Gasteiger partial charge on any atom is 0.137 e. The molecule has 5 rings (SSSR count). The van der Waals surface area contributed by atoms with Gasteiger partial charge in [-0.25, -0.2) is 4.98 Å². The number of nitrogens with one attached hydrogen (secondary N) is 1. The molecule has 5 heteroatoms. The van der Waals surface area contributed by atoms with E-state index >= 15 is 0 Å². The van der Waals surface area contributed by atoms with Gasteiger partial charge in [0.15, 0.2) is 0 Å². The zero-order valence-corrected chi connectivity index (χ0v) is 18.8. The van der Waals surface area contributed by atoms with Crippen LogP contribution in [0.3, 0.4) is 0 Å². The number of aromatic nitrogens is 2. The number of nitrogens with zero attached hydrogens (tertiary/aromatic N) is 3. The predicted molar refractivity (Wildman–Crippen MR) is 130 cm³/mol. The third-order valence-corrected chi connectivity index (χ3v) is 6.34. The first-order chi connectivity index (χ1) is 15.7. The molecule has 0 spiro atoms. The van der Waals surface area contributed by atoms with E-state index in [1.165, 1.54) is 28.8 Å². The van der Waals surface area contributed by atoms with Gasteiger partial charge in [-0.3, -0.25) is 4.90 Å². The van der Waals surface area contributed by atoms with Crippen LogP contribution < -0.4 is 10.1 Å². The third kappa shape index (κ3) is 4.14. The Labute approximate surface area is 189 Å². The van der Waals surface area contributed by atoms with Crippen molar-refractivity contribution < 1.29 is 4.74 Å². The molecule has 4 aromatic rings. The largest absolute Gasteiger partial charge is 0.497 e. The summed E-state index contributed by atoms with van der Waals surface area (Å²) in [5, 5.41) is 3.51. The Morgan fingerprint density at radius 3 is 2.56 bits per heavy atom. The minimum Gasteiger partial charge on any atom is -0.497 e. The predicted octanol–water partition coefficient (Wildman–Crippen LogP) is 4.78. The molecular formula is C27H30N4O. The number of hydrogen-bond acceptors (Lipinski definition) is 4. The standard InChI is InChI=1S/C27H30N4O/c1-20-6-3-4-7-24(20)22-10-13-26-29-27(21-8-11-23(32-2)12-9-21)25(31(26)18-22)19-30-16-5-14-28-15-17-30/h3-4,6-13,18,28H,5,14-17,19H2,1-2H3. The van der Waals surface area contributed by atoms with E-state index in [2.05, 4.69) is 76.3 Å². The van der Waals surface area contributed by atoms with E-state index in [4.69, 9.17) is 9.72 Å². The van der Waals surface area contributed by atoms with Crippen molar-refractivity contribution in [2.75, 3.05) is 33.3 Å². The van der Waals surface area contributed by atoms with Gasteiger partial charge in [0.2, 0.25) is 0 Å². The summed E-state index contributed by atoms with van der Waals surface area (Å²) in [7, 11) is 1.70. The highest BCUT2D eigenvalue weighted by molar-refractivity contribution is 5.71. The first kappa shape index (κ1) is 20.7. The molecule has 32 heavy (non-hydrogen) atoms. The van der Waals surface area contributed by atoms with Gasteiger partial charge >= 0.3 is 0 Å². The molecule has 0 amide bonds. The van der Waals surface area contributed by atoms with Crippen molar-refractivity contribution in [2.45, 2.75) is 19.9 Å². The SMILES string of the molecule is COc1ccc(-c2nc3ccc(-c4ccccc4C)cn3c2CN2CCCNCC2)cc1. The second kappa shape index (κ2) is 9.15. The fourth-order valence-corrected chi connectivity index (χ4v) is 4.55. The van der Waals surface area contributed by atoms with Crippen LogP contribution in [0.1, 0.15) is 17.7 Å². The van der Waals surface area contributed by atoms with E-state index in [9.17, 15) is 0 Å². The van der Waals surface area contributed by atoms with Crippen molar-refractivity contribution in [3.8, 4) is 28.1 Å². The summed E-state index contributed by atoms with van der Waals surface area (Å²) in [5.74, 6) is 0.861. The number of benzene rings is 2. The zero-order chi connectivity index (χ0) is 21.9. The van der Waals surface area contributed by atoms with Crippen molar-refractivity contribution >= 4 is 5.65 Å². The zero-order valence-electron chi connectivity index (χ0n) is 18.8. The summed E-state index contributed by atoms with van der Waals surface area (Å²) in [6, 6.07) is 21.1. The molecule has 1 fully saturated rings. The second-order valence-corrected chi connectivity index (χ2v) is 8.48. The number of imidazole rings is 1. The van der Waals surface area contributed by atoms with Gasteiger partial charge in [-0.05, 0) is 79.5 Å². The lowest BCUT2D eigenvalue weighted by atomic mass is 10.0. The molecule has 0 saturated carbocycles. The summed E-state index contributed by atoms with van der Waals surface area (Å²) in [6.45, 7) is 7.31. The molecule has 2 aromatic heterocycles. The van der Waals surface area contributed by atoms with Gasteiger partial charge in [0, 0.05) is 31.4 Å². The average Bonchev–Trinajstić information content (AvgIpc) is 2.98. The van der Waals surface area contributed by atoms with Crippen LogP contribution >= 0.6 is 0 Å². The van der Waals surface area contributed by atoms with Crippen LogP contribution in [-0.2, 0) is 6.54 Å². The van der Waals surface area contributed by atoms with Crippen molar-refractivity contribution in [3.63, 3.8) is 0 Å². The molecule has 0 unspecified atom stereocenters. The van der Waals surface area contributed by atoms with Crippen molar-refractivity contribution in [2.24, 2.45) is 0 Å². The lowest BCUT2D eigenvalue weighted by Crippen LogP contribution is -2.28. The number of fused-ring (bicyclic) bond motifs is 1. The lowest BCUT2D eigenvalue weighted by molar-refractivity contribution is 0.281. The van der Waals surface area contributed by atoms with Gasteiger partial charge in [-0.1, -0.05) is 24.3 Å². The Kier molecular flexibility index (Phi) is 5.93. The van der Waals surface area contributed by atoms with Crippen LogP contribution in [0.25, 0.3) is 28.0 Å². The molecule has 0 bridgehead atoms. The van der Waals surface area contributed by atoms with Crippen LogP contribution in [0.15, 0.2) is 66.9 Å². The Balaban J connectivity index is 1.63. The van der Waals surface area contributed by atoms with E-state index in [1.54, 1.807) is 7.11 Å². The van der Waals surface area contributed by atoms with Crippen molar-refractivity contribution in [1.29, 1.82) is 0 Å². The monoisotopic (exact) mass is 426 g/mol. The number of rotatable bonds is 5. The third-order valence-electron chi connectivity index (χ3n) is 6.34. The van der Waals surface area contributed by atoms with E-state index < -0.39 is 0 Å². The molecule has 0 aliphatic carbocycles. The van der Waals surface area contributed by atoms with Crippen molar-refractivity contribution in [1.82, 2.24) is 19.6 Å². The summed E-state index contributed by atoms with van der Waals surface area (Å²) in [5.41, 5.74) is 8.15. The van der Waals surface area contributed by atoms with E-state index in [1.807, 2.05) is 12.1 Å². The first-order valence-electron chi connectivity index (χ1n) is 11.4. The summed E-state index contributed by atoms with van der Waals surface area (Å²) in [6.07, 6.45) is 3.42. The molecule has 5 nitrogen and oxygen atoms in total. The van der Waals surface area contributed by atoms with E-state index in [0.717, 1.165) is 55.4 Å². The van der Waals surface area contributed by atoms with Gasteiger partial charge in [0.05, 0.1) is 18.5 Å². The number of hydrogen-bond donors (Lipinski definition) is 1. The molecule has 1 saturated heterocycles.